The third-order valence-electron chi connectivity index (χ3n) is 4.69. The van der Waals surface area contributed by atoms with Crippen LogP contribution in [0.5, 0.6) is 5.75 Å². The fraction of sp³-hybridized carbons (Fsp3) is 0.238. The summed E-state index contributed by atoms with van der Waals surface area (Å²) >= 11 is 4.55. The Kier molecular flexibility index (Phi) is 4.20. The topological polar surface area (TPSA) is 17.4 Å². The minimum Gasteiger partial charge on any atom is -0.497 e. The summed E-state index contributed by atoms with van der Waals surface area (Å²) in [6.45, 7) is 3.93. The SMILES string of the molecule is COc1ccc(C#Cn2c3c(c4cc(C)ccc42)CN(S)CC3)cc1. The van der Waals surface area contributed by atoms with Crippen molar-refractivity contribution >= 4 is 23.7 Å². The van der Waals surface area contributed by atoms with Crippen LogP contribution in [0.4, 0.5) is 0 Å². The van der Waals surface area contributed by atoms with Gasteiger partial charge < -0.3 is 4.74 Å². The first-order valence-corrected chi connectivity index (χ1v) is 8.78. The van der Waals surface area contributed by atoms with Crippen molar-refractivity contribution in [3.8, 4) is 17.7 Å². The van der Waals surface area contributed by atoms with E-state index in [0.717, 1.165) is 30.8 Å². The summed E-state index contributed by atoms with van der Waals surface area (Å²) in [7, 11) is 1.67. The largest absolute Gasteiger partial charge is 0.497 e. The summed E-state index contributed by atoms with van der Waals surface area (Å²) in [5.41, 5.74) is 6.10. The van der Waals surface area contributed by atoms with Crippen molar-refractivity contribution in [3.63, 3.8) is 0 Å². The minimum absolute atomic E-state index is 0.846. The van der Waals surface area contributed by atoms with Gasteiger partial charge in [-0.2, -0.15) is 0 Å². The molecule has 0 bridgehead atoms. The lowest BCUT2D eigenvalue weighted by atomic mass is 10.0. The molecule has 126 valence electrons. The Labute approximate surface area is 153 Å². The van der Waals surface area contributed by atoms with Crippen LogP contribution in [0.3, 0.4) is 0 Å². The number of thiol groups is 1. The average molecular weight is 348 g/mol. The number of aryl methyl sites for hydroxylation is 1. The summed E-state index contributed by atoms with van der Waals surface area (Å²) in [4.78, 5) is 0. The molecule has 3 aromatic rings. The molecule has 0 N–H and O–H groups in total. The van der Waals surface area contributed by atoms with E-state index < -0.39 is 0 Å². The quantitative estimate of drug-likeness (QED) is 0.529. The van der Waals surface area contributed by atoms with E-state index in [1.165, 1.54) is 27.7 Å². The molecule has 1 aliphatic heterocycles. The van der Waals surface area contributed by atoms with Crippen LogP contribution in [0.15, 0.2) is 42.5 Å². The predicted octanol–water partition coefficient (Wildman–Crippen LogP) is 4.02. The Bertz CT molecular complexity index is 993. The van der Waals surface area contributed by atoms with Crippen LogP contribution in [0.1, 0.15) is 22.4 Å². The van der Waals surface area contributed by atoms with Crippen LogP contribution in [-0.2, 0) is 13.0 Å². The van der Waals surface area contributed by atoms with E-state index in [9.17, 15) is 0 Å². The molecule has 4 rings (SSSR count). The number of hydrogen-bond acceptors (Lipinski definition) is 3. The van der Waals surface area contributed by atoms with Crippen LogP contribution in [-0.4, -0.2) is 22.5 Å². The Balaban J connectivity index is 1.83. The second kappa shape index (κ2) is 6.51. The molecule has 4 heteroatoms. The number of nitrogens with zero attached hydrogens (tertiary/aromatic N) is 2. The highest BCUT2D eigenvalue weighted by molar-refractivity contribution is 7.77. The molecule has 1 aromatic heterocycles. The maximum absolute atomic E-state index is 5.21. The molecule has 2 aromatic carbocycles. The molecule has 0 atom stereocenters. The zero-order valence-electron chi connectivity index (χ0n) is 14.4. The van der Waals surface area contributed by atoms with E-state index in [-0.39, 0.29) is 0 Å². The molecular weight excluding hydrogens is 328 g/mol. The highest BCUT2D eigenvalue weighted by Crippen LogP contribution is 2.31. The number of methoxy groups -OCH3 is 1. The van der Waals surface area contributed by atoms with Gasteiger partial charge in [0.15, 0.2) is 0 Å². The molecule has 0 radical (unpaired) electrons. The van der Waals surface area contributed by atoms with Crippen molar-refractivity contribution in [2.45, 2.75) is 19.9 Å². The van der Waals surface area contributed by atoms with Gasteiger partial charge in [0.25, 0.3) is 0 Å². The average Bonchev–Trinajstić information content (AvgIpc) is 2.92. The minimum atomic E-state index is 0.846. The van der Waals surface area contributed by atoms with E-state index in [2.05, 4.69) is 58.8 Å². The van der Waals surface area contributed by atoms with Crippen LogP contribution in [0.2, 0.25) is 0 Å². The standard InChI is InChI=1S/C21H20N2OS/c1-15-3-8-20-18(13-15)19-14-22(25)11-10-21(19)23(20)12-9-16-4-6-17(24-2)7-5-16/h3-8,13,25H,10-11,14H2,1-2H3. The first kappa shape index (κ1) is 16.1. The van der Waals surface area contributed by atoms with Crippen LogP contribution < -0.4 is 4.74 Å². The van der Waals surface area contributed by atoms with E-state index in [1.807, 2.05) is 24.3 Å². The molecule has 0 unspecified atom stereocenters. The number of benzene rings is 2. The van der Waals surface area contributed by atoms with Gasteiger partial charge in [0, 0.05) is 42.2 Å². The number of rotatable bonds is 1. The first-order valence-electron chi connectivity index (χ1n) is 8.38. The van der Waals surface area contributed by atoms with Crippen molar-refractivity contribution in [2.75, 3.05) is 13.7 Å². The Morgan fingerprint density at radius 1 is 1.12 bits per heavy atom. The van der Waals surface area contributed by atoms with Gasteiger partial charge in [-0.25, -0.2) is 4.31 Å². The van der Waals surface area contributed by atoms with Gasteiger partial charge in [-0.3, -0.25) is 4.57 Å². The molecule has 0 aliphatic carbocycles. The predicted molar refractivity (Wildman–Crippen MR) is 105 cm³/mol. The molecule has 2 heterocycles. The third kappa shape index (κ3) is 3.02. The molecular formula is C21H20N2OS. The Morgan fingerprint density at radius 3 is 2.68 bits per heavy atom. The zero-order valence-corrected chi connectivity index (χ0v) is 15.3. The van der Waals surface area contributed by atoms with Crippen LogP contribution in [0.25, 0.3) is 10.9 Å². The highest BCUT2D eigenvalue weighted by Gasteiger charge is 2.22. The normalized spacial score (nSPS) is 14.0. The number of aromatic nitrogens is 1. The summed E-state index contributed by atoms with van der Waals surface area (Å²) in [6, 6.07) is 17.8. The second-order valence-corrected chi connectivity index (χ2v) is 6.95. The van der Waals surface area contributed by atoms with Gasteiger partial charge in [-0.15, -0.1) is 0 Å². The maximum atomic E-state index is 5.21. The second-order valence-electron chi connectivity index (χ2n) is 6.38. The molecule has 0 saturated carbocycles. The summed E-state index contributed by atoms with van der Waals surface area (Å²) < 4.78 is 9.44. The van der Waals surface area contributed by atoms with Crippen molar-refractivity contribution in [1.29, 1.82) is 0 Å². The number of fused-ring (bicyclic) bond motifs is 3. The lowest BCUT2D eigenvalue weighted by Crippen LogP contribution is -2.23. The summed E-state index contributed by atoms with van der Waals surface area (Å²) in [5, 5.41) is 1.29. The van der Waals surface area contributed by atoms with Crippen molar-refractivity contribution in [2.24, 2.45) is 0 Å². The molecule has 1 aliphatic rings. The Morgan fingerprint density at radius 2 is 1.92 bits per heavy atom. The summed E-state index contributed by atoms with van der Waals surface area (Å²) in [6.07, 6.45) is 0.962. The van der Waals surface area contributed by atoms with Crippen LogP contribution in [0, 0.1) is 18.9 Å². The molecule has 0 saturated heterocycles. The van der Waals surface area contributed by atoms with Crippen molar-refractivity contribution in [3.05, 3.63) is 64.8 Å². The third-order valence-corrected chi connectivity index (χ3v) is 5.03. The molecule has 0 amide bonds. The van der Waals surface area contributed by atoms with Crippen molar-refractivity contribution in [1.82, 2.24) is 8.87 Å². The maximum Gasteiger partial charge on any atom is 0.118 e. The van der Waals surface area contributed by atoms with Crippen LogP contribution >= 0.6 is 12.8 Å². The van der Waals surface area contributed by atoms with Crippen molar-refractivity contribution < 1.29 is 4.74 Å². The summed E-state index contributed by atoms with van der Waals surface area (Å²) in [5.74, 6) is 4.14. The number of ether oxygens (including phenoxy) is 1. The van der Waals surface area contributed by atoms with E-state index in [1.54, 1.807) is 7.11 Å². The first-order chi connectivity index (χ1) is 12.2. The molecule has 3 nitrogen and oxygen atoms in total. The zero-order chi connectivity index (χ0) is 17.4. The fourth-order valence-corrected chi connectivity index (χ4v) is 3.62. The van der Waals surface area contributed by atoms with Gasteiger partial charge in [0.1, 0.15) is 5.75 Å². The number of hydrogen-bond donors (Lipinski definition) is 1. The van der Waals surface area contributed by atoms with Gasteiger partial charge in [0.05, 0.1) is 12.6 Å². The lowest BCUT2D eigenvalue weighted by Gasteiger charge is -2.21. The smallest absolute Gasteiger partial charge is 0.118 e. The highest BCUT2D eigenvalue weighted by atomic mass is 32.1. The van der Waals surface area contributed by atoms with Gasteiger partial charge >= 0.3 is 0 Å². The van der Waals surface area contributed by atoms with E-state index in [0.29, 0.717) is 0 Å². The van der Waals surface area contributed by atoms with Gasteiger partial charge in [-0.1, -0.05) is 24.4 Å². The fourth-order valence-electron chi connectivity index (χ4n) is 3.38. The molecule has 0 fully saturated rings. The van der Waals surface area contributed by atoms with Gasteiger partial charge in [-0.05, 0) is 54.8 Å². The Hall–Kier alpha value is -2.35. The van der Waals surface area contributed by atoms with Gasteiger partial charge in [0.2, 0.25) is 0 Å². The van der Waals surface area contributed by atoms with E-state index >= 15 is 0 Å². The molecule has 0 spiro atoms. The molecule has 25 heavy (non-hydrogen) atoms. The lowest BCUT2D eigenvalue weighted by molar-refractivity contribution is 0.415. The van der Waals surface area contributed by atoms with E-state index in [4.69, 9.17) is 4.74 Å². The monoisotopic (exact) mass is 348 g/mol.